The van der Waals surface area contributed by atoms with E-state index in [1.54, 1.807) is 28.4 Å². The number of hydrogen-bond acceptors (Lipinski definition) is 4. The number of rotatable bonds is 6. The van der Waals surface area contributed by atoms with Crippen LogP contribution in [0, 0.1) is 0 Å². The average molecular weight is 432 g/mol. The zero-order chi connectivity index (χ0) is 19.7. The van der Waals surface area contributed by atoms with Gasteiger partial charge in [0.1, 0.15) is 4.84 Å². The van der Waals surface area contributed by atoms with Gasteiger partial charge in [-0.2, -0.15) is 0 Å². The summed E-state index contributed by atoms with van der Waals surface area (Å²) < 4.78 is 21.9. The molecule has 2 aromatic carbocycles. The van der Waals surface area contributed by atoms with E-state index < -0.39 is 4.84 Å². The van der Waals surface area contributed by atoms with Crippen LogP contribution in [0.2, 0.25) is 0 Å². The lowest BCUT2D eigenvalue weighted by molar-refractivity contribution is 0.352. The summed E-state index contributed by atoms with van der Waals surface area (Å²) >= 11 is 19.3. The first-order valence-corrected chi connectivity index (χ1v) is 9.77. The molecule has 0 radical (unpaired) electrons. The van der Waals surface area contributed by atoms with Crippen molar-refractivity contribution in [2.24, 2.45) is 0 Å². The van der Waals surface area contributed by atoms with Crippen LogP contribution in [-0.2, 0) is 0 Å². The largest absolute Gasteiger partial charge is 0.493 e. The third-order valence-corrected chi connectivity index (χ3v) is 5.82. The molecule has 2 aromatic rings. The third-order valence-electron chi connectivity index (χ3n) is 5.01. The van der Waals surface area contributed by atoms with E-state index in [1.807, 2.05) is 24.3 Å². The van der Waals surface area contributed by atoms with Crippen LogP contribution in [0.3, 0.4) is 0 Å². The molecule has 0 heterocycles. The van der Waals surface area contributed by atoms with Gasteiger partial charge in [0.2, 0.25) is 0 Å². The molecular formula is C20H21Cl3O4. The highest BCUT2D eigenvalue weighted by molar-refractivity contribution is 6.45. The molecule has 0 spiro atoms. The molecule has 0 N–H and O–H groups in total. The number of halogens is 3. The molecule has 0 aliphatic heterocycles. The number of methoxy groups -OCH3 is 4. The monoisotopic (exact) mass is 430 g/mol. The zero-order valence-electron chi connectivity index (χ0n) is 15.5. The SMILES string of the molecule is COc1cc2c(cc1OC)C(C(Cl)Cl)c1cc(OC)c(OC)cc1C2CCl. The van der Waals surface area contributed by atoms with E-state index in [-0.39, 0.29) is 11.8 Å². The maximum Gasteiger partial charge on any atom is 0.161 e. The Hall–Kier alpha value is -1.49. The Morgan fingerprint density at radius 1 is 0.704 bits per heavy atom. The summed E-state index contributed by atoms with van der Waals surface area (Å²) in [4.78, 5) is -0.671. The summed E-state index contributed by atoms with van der Waals surface area (Å²) in [5.41, 5.74) is 3.96. The molecule has 7 heteroatoms. The van der Waals surface area contributed by atoms with E-state index in [1.165, 1.54) is 0 Å². The molecule has 146 valence electrons. The molecule has 0 aromatic heterocycles. The van der Waals surface area contributed by atoms with Crippen molar-refractivity contribution in [3.05, 3.63) is 46.5 Å². The highest BCUT2D eigenvalue weighted by atomic mass is 35.5. The van der Waals surface area contributed by atoms with Crippen LogP contribution >= 0.6 is 34.8 Å². The van der Waals surface area contributed by atoms with Crippen molar-refractivity contribution in [3.63, 3.8) is 0 Å². The summed E-state index contributed by atoms with van der Waals surface area (Å²) in [7, 11) is 6.41. The second-order valence-corrected chi connectivity index (χ2v) is 7.66. The molecule has 3 rings (SSSR count). The van der Waals surface area contributed by atoms with Crippen LogP contribution in [0.25, 0.3) is 0 Å². The van der Waals surface area contributed by atoms with Crippen molar-refractivity contribution in [2.45, 2.75) is 16.7 Å². The molecular weight excluding hydrogens is 411 g/mol. The Morgan fingerprint density at radius 2 is 1.04 bits per heavy atom. The Morgan fingerprint density at radius 3 is 1.30 bits per heavy atom. The highest BCUT2D eigenvalue weighted by Crippen LogP contribution is 2.52. The minimum Gasteiger partial charge on any atom is -0.493 e. The molecule has 0 unspecified atom stereocenters. The Kier molecular flexibility index (Phi) is 6.19. The molecule has 0 atom stereocenters. The van der Waals surface area contributed by atoms with Crippen LogP contribution in [0.1, 0.15) is 34.1 Å². The van der Waals surface area contributed by atoms with Crippen molar-refractivity contribution in [2.75, 3.05) is 34.3 Å². The smallest absolute Gasteiger partial charge is 0.161 e. The van der Waals surface area contributed by atoms with Crippen molar-refractivity contribution in [3.8, 4) is 23.0 Å². The van der Waals surface area contributed by atoms with Crippen LogP contribution in [0.4, 0.5) is 0 Å². The molecule has 0 saturated heterocycles. The standard InChI is InChI=1S/C20H21Cl3O4/c1-24-15-5-10-12(7-17(15)26-3)19(20(22)23)13-8-18(27-4)16(25-2)6-11(13)14(10)9-21/h5-8,14,19-20H,9H2,1-4H3. The maximum absolute atomic E-state index is 6.43. The first-order valence-electron chi connectivity index (χ1n) is 8.36. The number of hydrogen-bond donors (Lipinski definition) is 0. The minimum absolute atomic E-state index is 0.0698. The summed E-state index contributed by atoms with van der Waals surface area (Å²) in [5, 5.41) is 0. The van der Waals surface area contributed by atoms with Gasteiger partial charge < -0.3 is 18.9 Å². The summed E-state index contributed by atoms with van der Waals surface area (Å²) in [6.07, 6.45) is 0. The maximum atomic E-state index is 6.43. The molecule has 1 aliphatic carbocycles. The average Bonchev–Trinajstić information content (AvgIpc) is 2.69. The lowest BCUT2D eigenvalue weighted by Gasteiger charge is -2.35. The zero-order valence-corrected chi connectivity index (χ0v) is 17.8. The normalized spacial score (nSPS) is 17.9. The number of fused-ring (bicyclic) bond motifs is 2. The summed E-state index contributed by atoms with van der Waals surface area (Å²) in [6.45, 7) is 0. The predicted molar refractivity (Wildman–Crippen MR) is 109 cm³/mol. The van der Waals surface area contributed by atoms with Gasteiger partial charge in [-0.25, -0.2) is 0 Å². The van der Waals surface area contributed by atoms with Gasteiger partial charge in [0.25, 0.3) is 0 Å². The van der Waals surface area contributed by atoms with Gasteiger partial charge in [-0.05, 0) is 46.5 Å². The first kappa shape index (κ1) is 20.2. The molecule has 4 nitrogen and oxygen atoms in total. The van der Waals surface area contributed by atoms with E-state index in [9.17, 15) is 0 Å². The van der Waals surface area contributed by atoms with Crippen molar-refractivity contribution in [1.82, 2.24) is 0 Å². The quantitative estimate of drug-likeness (QED) is 0.578. The first-order chi connectivity index (χ1) is 13.0. The van der Waals surface area contributed by atoms with Crippen molar-refractivity contribution >= 4 is 34.8 Å². The summed E-state index contributed by atoms with van der Waals surface area (Å²) in [5.74, 6) is 2.55. The van der Waals surface area contributed by atoms with Crippen LogP contribution in [-0.4, -0.2) is 39.2 Å². The van der Waals surface area contributed by atoms with Gasteiger partial charge in [-0.3, -0.25) is 0 Å². The Labute approximate surface area is 174 Å². The lowest BCUT2D eigenvalue weighted by Crippen LogP contribution is -2.23. The van der Waals surface area contributed by atoms with Crippen LogP contribution in [0.15, 0.2) is 24.3 Å². The van der Waals surface area contributed by atoms with Gasteiger partial charge in [0, 0.05) is 17.7 Å². The van der Waals surface area contributed by atoms with E-state index in [0.717, 1.165) is 22.3 Å². The predicted octanol–water partition coefficient (Wildman–Crippen LogP) is 5.34. The molecule has 1 aliphatic rings. The second kappa shape index (κ2) is 8.26. The number of alkyl halides is 3. The van der Waals surface area contributed by atoms with Gasteiger partial charge in [-0.15, -0.1) is 34.8 Å². The van der Waals surface area contributed by atoms with Gasteiger partial charge in [0.05, 0.1) is 28.4 Å². The summed E-state index contributed by atoms with van der Waals surface area (Å²) in [6, 6.07) is 7.75. The third kappa shape index (κ3) is 3.39. The minimum atomic E-state index is -0.671. The highest BCUT2D eigenvalue weighted by Gasteiger charge is 2.37. The van der Waals surface area contributed by atoms with Crippen LogP contribution in [0.5, 0.6) is 23.0 Å². The molecule has 0 fully saturated rings. The fraction of sp³-hybridized carbons (Fsp3) is 0.400. The van der Waals surface area contributed by atoms with Crippen molar-refractivity contribution in [1.29, 1.82) is 0 Å². The number of benzene rings is 2. The van der Waals surface area contributed by atoms with Crippen molar-refractivity contribution < 1.29 is 18.9 Å². The Balaban J connectivity index is 2.32. The lowest BCUT2D eigenvalue weighted by atomic mass is 9.73. The fourth-order valence-corrected chi connectivity index (χ4v) is 4.61. The molecule has 27 heavy (non-hydrogen) atoms. The molecule has 0 saturated carbocycles. The molecule has 0 amide bonds. The van der Waals surface area contributed by atoms with Gasteiger partial charge in [-0.1, -0.05) is 0 Å². The van der Waals surface area contributed by atoms with E-state index in [4.69, 9.17) is 53.8 Å². The second-order valence-electron chi connectivity index (χ2n) is 6.19. The van der Waals surface area contributed by atoms with Gasteiger partial charge in [0.15, 0.2) is 23.0 Å². The van der Waals surface area contributed by atoms with E-state index in [2.05, 4.69) is 0 Å². The van der Waals surface area contributed by atoms with Crippen LogP contribution < -0.4 is 18.9 Å². The van der Waals surface area contributed by atoms with Gasteiger partial charge >= 0.3 is 0 Å². The Bertz CT molecular complexity index is 775. The van der Waals surface area contributed by atoms with E-state index >= 15 is 0 Å². The van der Waals surface area contributed by atoms with E-state index in [0.29, 0.717) is 28.9 Å². The number of ether oxygens (including phenoxy) is 4. The fourth-order valence-electron chi connectivity index (χ4n) is 3.74. The topological polar surface area (TPSA) is 36.9 Å². The molecule has 0 bridgehead atoms.